The zero-order chi connectivity index (χ0) is 10.7. The number of thiophene rings is 1. The monoisotopic (exact) mass is 238 g/mol. The van der Waals surface area contributed by atoms with Crippen LogP contribution >= 0.6 is 22.7 Å². The number of nitrogens with two attached hydrogens (primary N) is 1. The summed E-state index contributed by atoms with van der Waals surface area (Å²) in [6.07, 6.45) is 1.83. The highest BCUT2D eigenvalue weighted by atomic mass is 32.1. The van der Waals surface area contributed by atoms with Gasteiger partial charge in [-0.1, -0.05) is 6.07 Å². The van der Waals surface area contributed by atoms with Crippen LogP contribution in [0.2, 0.25) is 0 Å². The van der Waals surface area contributed by atoms with Crippen molar-refractivity contribution in [3.8, 4) is 0 Å². The maximum absolute atomic E-state index is 6.08. The third-order valence-electron chi connectivity index (χ3n) is 2.18. The fraction of sp³-hybridized carbons (Fsp3) is 0.364. The van der Waals surface area contributed by atoms with Gasteiger partial charge in [0.05, 0.1) is 10.7 Å². The fourth-order valence-electron chi connectivity index (χ4n) is 1.53. The van der Waals surface area contributed by atoms with Crippen LogP contribution in [0.3, 0.4) is 0 Å². The molecule has 0 aromatic carbocycles. The summed E-state index contributed by atoms with van der Waals surface area (Å²) in [6.45, 7) is 2.03. The molecule has 1 atom stereocenters. The molecular formula is C11H14N2S2. The van der Waals surface area contributed by atoms with Gasteiger partial charge < -0.3 is 5.73 Å². The molecule has 0 bridgehead atoms. The lowest BCUT2D eigenvalue weighted by Gasteiger charge is -2.07. The van der Waals surface area contributed by atoms with Gasteiger partial charge in [0.15, 0.2) is 0 Å². The molecule has 2 rings (SSSR count). The van der Waals surface area contributed by atoms with Crippen molar-refractivity contribution in [2.75, 3.05) is 0 Å². The lowest BCUT2D eigenvalue weighted by atomic mass is 10.1. The molecule has 0 fully saturated rings. The Morgan fingerprint density at radius 3 is 2.87 bits per heavy atom. The van der Waals surface area contributed by atoms with Gasteiger partial charge in [-0.25, -0.2) is 4.98 Å². The smallest absolute Gasteiger partial charge is 0.0897 e. The molecule has 2 aromatic heterocycles. The van der Waals surface area contributed by atoms with Crippen molar-refractivity contribution < 1.29 is 0 Å². The van der Waals surface area contributed by atoms with E-state index in [4.69, 9.17) is 5.73 Å². The molecule has 15 heavy (non-hydrogen) atoms. The van der Waals surface area contributed by atoms with E-state index in [1.807, 2.05) is 6.92 Å². The second kappa shape index (κ2) is 4.88. The first-order valence-corrected chi connectivity index (χ1v) is 6.69. The van der Waals surface area contributed by atoms with Gasteiger partial charge in [0.1, 0.15) is 0 Å². The summed E-state index contributed by atoms with van der Waals surface area (Å²) < 4.78 is 0. The van der Waals surface area contributed by atoms with Gasteiger partial charge in [0, 0.05) is 22.7 Å². The maximum atomic E-state index is 6.08. The van der Waals surface area contributed by atoms with Gasteiger partial charge in [-0.3, -0.25) is 0 Å². The highest BCUT2D eigenvalue weighted by molar-refractivity contribution is 7.10. The first-order valence-electron chi connectivity index (χ1n) is 4.93. The summed E-state index contributed by atoms with van der Waals surface area (Å²) in [6, 6.07) is 4.39. The van der Waals surface area contributed by atoms with Crippen LogP contribution in [0.5, 0.6) is 0 Å². The van der Waals surface area contributed by atoms with Crippen LogP contribution < -0.4 is 5.73 Å². The maximum Gasteiger partial charge on any atom is 0.0897 e. The second-order valence-corrected chi connectivity index (χ2v) is 5.70. The van der Waals surface area contributed by atoms with Crippen molar-refractivity contribution in [2.24, 2.45) is 5.73 Å². The van der Waals surface area contributed by atoms with Crippen LogP contribution in [0, 0.1) is 6.92 Å². The summed E-state index contributed by atoms with van der Waals surface area (Å²) in [5, 5.41) is 5.31. The van der Waals surface area contributed by atoms with E-state index in [0.29, 0.717) is 0 Å². The Bertz CT molecular complexity index is 406. The zero-order valence-electron chi connectivity index (χ0n) is 8.64. The lowest BCUT2D eigenvalue weighted by Crippen LogP contribution is -2.25. The molecule has 0 saturated carbocycles. The summed E-state index contributed by atoms with van der Waals surface area (Å²) in [7, 11) is 0. The Hall–Kier alpha value is -0.710. The van der Waals surface area contributed by atoms with Gasteiger partial charge in [-0.2, -0.15) is 0 Å². The van der Waals surface area contributed by atoms with Crippen molar-refractivity contribution in [3.05, 3.63) is 38.5 Å². The van der Waals surface area contributed by atoms with Crippen molar-refractivity contribution >= 4 is 22.7 Å². The quantitative estimate of drug-likeness (QED) is 0.889. The van der Waals surface area contributed by atoms with E-state index < -0.39 is 0 Å². The molecule has 2 N–H and O–H groups in total. The molecule has 2 aromatic rings. The standard InChI is InChI=1S/C11H14N2S2/c1-8-13-10(7-15-8)5-9(12)6-11-3-2-4-14-11/h2-4,7,9H,5-6,12H2,1H3. The van der Waals surface area contributed by atoms with E-state index in [1.165, 1.54) is 4.88 Å². The van der Waals surface area contributed by atoms with Crippen molar-refractivity contribution in [1.29, 1.82) is 0 Å². The number of aryl methyl sites for hydroxylation is 1. The highest BCUT2D eigenvalue weighted by Gasteiger charge is 2.08. The number of hydrogen-bond acceptors (Lipinski definition) is 4. The van der Waals surface area contributed by atoms with Gasteiger partial charge in [0.25, 0.3) is 0 Å². The number of hydrogen-bond donors (Lipinski definition) is 1. The summed E-state index contributed by atoms with van der Waals surface area (Å²) >= 11 is 3.46. The van der Waals surface area contributed by atoms with Gasteiger partial charge in [-0.15, -0.1) is 22.7 Å². The van der Waals surface area contributed by atoms with Crippen molar-refractivity contribution in [3.63, 3.8) is 0 Å². The fourth-order valence-corrected chi connectivity index (χ4v) is 2.95. The SMILES string of the molecule is Cc1nc(CC(N)Cc2cccs2)cs1. The molecule has 2 nitrogen and oxygen atoms in total. The molecule has 0 saturated heterocycles. The summed E-state index contributed by atoms with van der Waals surface area (Å²) in [5.41, 5.74) is 7.20. The molecule has 0 aliphatic carbocycles. The number of rotatable bonds is 4. The highest BCUT2D eigenvalue weighted by Crippen LogP contribution is 2.14. The normalized spacial score (nSPS) is 12.9. The van der Waals surface area contributed by atoms with Crippen LogP contribution in [0.4, 0.5) is 0 Å². The minimum Gasteiger partial charge on any atom is -0.327 e. The predicted molar refractivity (Wildman–Crippen MR) is 66.6 cm³/mol. The molecule has 0 aliphatic rings. The third kappa shape index (κ3) is 3.12. The molecule has 0 amide bonds. The summed E-state index contributed by atoms with van der Waals surface area (Å²) in [4.78, 5) is 5.78. The number of aromatic nitrogens is 1. The Morgan fingerprint density at radius 2 is 2.27 bits per heavy atom. The molecule has 80 valence electrons. The summed E-state index contributed by atoms with van der Waals surface area (Å²) in [5.74, 6) is 0. The van der Waals surface area contributed by atoms with Gasteiger partial charge in [-0.05, 0) is 24.8 Å². The molecule has 0 aliphatic heterocycles. The van der Waals surface area contributed by atoms with Gasteiger partial charge in [0.2, 0.25) is 0 Å². The predicted octanol–water partition coefficient (Wildman–Crippen LogP) is 2.63. The van der Waals surface area contributed by atoms with Crippen LogP contribution in [-0.2, 0) is 12.8 Å². The average molecular weight is 238 g/mol. The van der Waals surface area contributed by atoms with E-state index in [-0.39, 0.29) is 6.04 Å². The second-order valence-electron chi connectivity index (χ2n) is 3.61. The number of thiazole rings is 1. The molecule has 2 heterocycles. The number of nitrogens with zero attached hydrogens (tertiary/aromatic N) is 1. The van der Waals surface area contributed by atoms with E-state index in [9.17, 15) is 0 Å². The van der Waals surface area contributed by atoms with E-state index in [1.54, 1.807) is 22.7 Å². The Morgan fingerprint density at radius 1 is 1.40 bits per heavy atom. The van der Waals surface area contributed by atoms with Crippen molar-refractivity contribution in [2.45, 2.75) is 25.8 Å². The van der Waals surface area contributed by atoms with Crippen LogP contribution in [0.25, 0.3) is 0 Å². The molecular weight excluding hydrogens is 224 g/mol. The van der Waals surface area contributed by atoms with Crippen LogP contribution in [0.15, 0.2) is 22.9 Å². The van der Waals surface area contributed by atoms with E-state index in [0.717, 1.165) is 23.5 Å². The largest absolute Gasteiger partial charge is 0.327 e. The Balaban J connectivity index is 1.90. The Labute approximate surface area is 97.8 Å². The first-order chi connectivity index (χ1) is 7.24. The molecule has 0 radical (unpaired) electrons. The molecule has 4 heteroatoms. The van der Waals surface area contributed by atoms with Gasteiger partial charge >= 0.3 is 0 Å². The lowest BCUT2D eigenvalue weighted by molar-refractivity contribution is 0.661. The average Bonchev–Trinajstić information content (AvgIpc) is 2.77. The zero-order valence-corrected chi connectivity index (χ0v) is 10.3. The minimum atomic E-state index is 0.185. The Kier molecular flexibility index (Phi) is 3.51. The van der Waals surface area contributed by atoms with Crippen LogP contribution in [-0.4, -0.2) is 11.0 Å². The topological polar surface area (TPSA) is 38.9 Å². The minimum absolute atomic E-state index is 0.185. The molecule has 0 spiro atoms. The molecule has 1 unspecified atom stereocenters. The third-order valence-corrected chi connectivity index (χ3v) is 3.90. The van der Waals surface area contributed by atoms with Crippen molar-refractivity contribution in [1.82, 2.24) is 4.98 Å². The van der Waals surface area contributed by atoms with Crippen LogP contribution in [0.1, 0.15) is 15.6 Å². The first kappa shape index (κ1) is 10.8. The van der Waals surface area contributed by atoms with E-state index >= 15 is 0 Å². The van der Waals surface area contributed by atoms with E-state index in [2.05, 4.69) is 27.9 Å².